The molecular weight excluding hydrogens is 350 g/mol. The first-order valence-corrected chi connectivity index (χ1v) is 9.79. The standard InChI is InChI=1S/C19H25N3O3S/c1-12(2)18-17(26-21-20-18)8-22-7-15-14-5-4-13(24-3)6-16(14)25-11-19(15,9-22)10-23/h4-6,12,15,23H,7-11H2,1-3H3/t15-,19-/m1/s1. The van der Waals surface area contributed by atoms with E-state index in [-0.39, 0.29) is 17.9 Å². The smallest absolute Gasteiger partial charge is 0.126 e. The summed E-state index contributed by atoms with van der Waals surface area (Å²) < 4.78 is 15.5. The Labute approximate surface area is 157 Å². The number of aliphatic hydroxyl groups excluding tert-OH is 1. The molecule has 1 aromatic heterocycles. The molecule has 7 heteroatoms. The molecule has 1 aromatic carbocycles. The fraction of sp³-hybridized carbons (Fsp3) is 0.579. The van der Waals surface area contributed by atoms with E-state index in [1.807, 2.05) is 12.1 Å². The molecule has 0 saturated carbocycles. The van der Waals surface area contributed by atoms with Gasteiger partial charge in [-0.15, -0.1) is 5.10 Å². The summed E-state index contributed by atoms with van der Waals surface area (Å²) in [4.78, 5) is 3.63. The minimum Gasteiger partial charge on any atom is -0.497 e. The van der Waals surface area contributed by atoms with Gasteiger partial charge in [0.15, 0.2) is 0 Å². The van der Waals surface area contributed by atoms with Gasteiger partial charge in [0.1, 0.15) is 11.5 Å². The van der Waals surface area contributed by atoms with Crippen molar-refractivity contribution in [2.75, 3.05) is 33.4 Å². The van der Waals surface area contributed by atoms with E-state index in [1.54, 1.807) is 7.11 Å². The maximum Gasteiger partial charge on any atom is 0.126 e. The van der Waals surface area contributed by atoms with E-state index in [9.17, 15) is 5.11 Å². The van der Waals surface area contributed by atoms with Gasteiger partial charge in [0, 0.05) is 37.0 Å². The van der Waals surface area contributed by atoms with Crippen molar-refractivity contribution in [1.29, 1.82) is 0 Å². The van der Waals surface area contributed by atoms with Crippen LogP contribution in [0.1, 0.15) is 41.8 Å². The Morgan fingerprint density at radius 3 is 3.04 bits per heavy atom. The third-order valence-electron chi connectivity index (χ3n) is 5.64. The molecule has 0 aliphatic carbocycles. The number of nitrogens with zero attached hydrogens (tertiary/aromatic N) is 3. The van der Waals surface area contributed by atoms with Crippen molar-refractivity contribution < 1.29 is 14.6 Å². The molecule has 3 heterocycles. The first-order chi connectivity index (χ1) is 12.6. The predicted octanol–water partition coefficient (Wildman–Crippen LogP) is 2.64. The van der Waals surface area contributed by atoms with Crippen LogP contribution in [0.25, 0.3) is 0 Å². The zero-order chi connectivity index (χ0) is 18.3. The van der Waals surface area contributed by atoms with Gasteiger partial charge in [-0.2, -0.15) is 0 Å². The molecule has 4 rings (SSSR count). The van der Waals surface area contributed by atoms with Gasteiger partial charge in [-0.05, 0) is 29.1 Å². The number of hydrogen-bond acceptors (Lipinski definition) is 7. The highest BCUT2D eigenvalue weighted by atomic mass is 32.1. The highest BCUT2D eigenvalue weighted by molar-refractivity contribution is 7.05. The summed E-state index contributed by atoms with van der Waals surface area (Å²) in [5.74, 6) is 2.30. The quantitative estimate of drug-likeness (QED) is 0.867. The lowest BCUT2D eigenvalue weighted by molar-refractivity contribution is 0.0456. The second-order valence-corrected chi connectivity index (χ2v) is 8.51. The number of benzene rings is 1. The van der Waals surface area contributed by atoms with Crippen molar-refractivity contribution in [3.8, 4) is 11.5 Å². The van der Waals surface area contributed by atoms with E-state index in [0.717, 1.165) is 36.8 Å². The first-order valence-electron chi connectivity index (χ1n) is 9.01. The zero-order valence-electron chi connectivity index (χ0n) is 15.4. The Bertz CT molecular complexity index is 794. The van der Waals surface area contributed by atoms with Crippen LogP contribution >= 0.6 is 11.5 Å². The Kier molecular flexibility index (Phi) is 4.62. The van der Waals surface area contributed by atoms with Gasteiger partial charge in [-0.3, -0.25) is 4.90 Å². The lowest BCUT2D eigenvalue weighted by Gasteiger charge is -2.38. The molecule has 0 amide bonds. The third-order valence-corrected chi connectivity index (χ3v) is 6.37. The van der Waals surface area contributed by atoms with Crippen molar-refractivity contribution >= 4 is 11.5 Å². The Morgan fingerprint density at radius 1 is 1.46 bits per heavy atom. The van der Waals surface area contributed by atoms with Crippen molar-refractivity contribution in [3.05, 3.63) is 34.3 Å². The van der Waals surface area contributed by atoms with Crippen LogP contribution in [0.4, 0.5) is 0 Å². The molecular formula is C19H25N3O3S. The van der Waals surface area contributed by atoms with Gasteiger partial charge >= 0.3 is 0 Å². The van der Waals surface area contributed by atoms with Gasteiger partial charge in [0.2, 0.25) is 0 Å². The first kappa shape index (κ1) is 17.7. The molecule has 6 nitrogen and oxygen atoms in total. The summed E-state index contributed by atoms with van der Waals surface area (Å²) in [6.45, 7) is 7.50. The molecule has 0 unspecified atom stereocenters. The predicted molar refractivity (Wildman–Crippen MR) is 100 cm³/mol. The Morgan fingerprint density at radius 2 is 2.31 bits per heavy atom. The Balaban J connectivity index is 1.60. The van der Waals surface area contributed by atoms with Crippen molar-refractivity contribution in [2.24, 2.45) is 5.41 Å². The molecule has 1 fully saturated rings. The number of methoxy groups -OCH3 is 1. The highest BCUT2D eigenvalue weighted by Gasteiger charge is 2.51. The molecule has 1 saturated heterocycles. The molecule has 1 N–H and O–H groups in total. The van der Waals surface area contributed by atoms with Crippen LogP contribution in [0.3, 0.4) is 0 Å². The molecule has 2 aromatic rings. The number of likely N-dealkylation sites (tertiary alicyclic amines) is 1. The summed E-state index contributed by atoms with van der Waals surface area (Å²) in [6, 6.07) is 6.01. The van der Waals surface area contributed by atoms with Gasteiger partial charge in [-0.1, -0.05) is 24.4 Å². The summed E-state index contributed by atoms with van der Waals surface area (Å²) >= 11 is 1.48. The molecule has 26 heavy (non-hydrogen) atoms. The molecule has 0 bridgehead atoms. The normalized spacial score (nSPS) is 25.0. The van der Waals surface area contributed by atoms with Crippen molar-refractivity contribution in [3.63, 3.8) is 0 Å². The van der Waals surface area contributed by atoms with Crippen LogP contribution < -0.4 is 9.47 Å². The number of fused-ring (bicyclic) bond motifs is 3. The van der Waals surface area contributed by atoms with Gasteiger partial charge in [-0.25, -0.2) is 0 Å². The molecule has 2 aliphatic heterocycles. The second kappa shape index (κ2) is 6.79. The van der Waals surface area contributed by atoms with E-state index in [0.29, 0.717) is 12.5 Å². The maximum absolute atomic E-state index is 10.2. The summed E-state index contributed by atoms with van der Waals surface area (Å²) in [5.41, 5.74) is 2.00. The fourth-order valence-electron chi connectivity index (χ4n) is 4.22. The number of hydrogen-bond donors (Lipinski definition) is 1. The maximum atomic E-state index is 10.2. The van der Waals surface area contributed by atoms with Crippen molar-refractivity contribution in [2.45, 2.75) is 32.2 Å². The van der Waals surface area contributed by atoms with E-state index in [2.05, 4.69) is 34.4 Å². The number of aromatic nitrogens is 2. The summed E-state index contributed by atoms with van der Waals surface area (Å²) in [6.07, 6.45) is 0. The van der Waals surface area contributed by atoms with Gasteiger partial charge < -0.3 is 14.6 Å². The van der Waals surface area contributed by atoms with Gasteiger partial charge in [0.05, 0.1) is 30.9 Å². The minimum atomic E-state index is -0.252. The topological polar surface area (TPSA) is 67.7 Å². The second-order valence-electron chi connectivity index (χ2n) is 7.67. The number of ether oxygens (including phenoxy) is 2. The third kappa shape index (κ3) is 2.88. The molecule has 0 spiro atoms. The van der Waals surface area contributed by atoms with Crippen LogP contribution in [0, 0.1) is 5.41 Å². The minimum absolute atomic E-state index is 0.123. The van der Waals surface area contributed by atoms with E-state index in [4.69, 9.17) is 9.47 Å². The van der Waals surface area contributed by atoms with E-state index in [1.165, 1.54) is 22.0 Å². The summed E-state index contributed by atoms with van der Waals surface area (Å²) in [5, 5.41) is 14.5. The van der Waals surface area contributed by atoms with Crippen LogP contribution in [-0.4, -0.2) is 53.0 Å². The SMILES string of the molecule is COc1ccc2c(c1)OC[C@]1(CO)CN(Cc3snnc3C(C)C)C[C@H]21. The zero-order valence-corrected chi connectivity index (χ0v) is 16.3. The van der Waals surface area contributed by atoms with Crippen LogP contribution in [0.5, 0.6) is 11.5 Å². The van der Waals surface area contributed by atoms with Crippen molar-refractivity contribution in [1.82, 2.24) is 14.5 Å². The van der Waals surface area contributed by atoms with Crippen LogP contribution in [-0.2, 0) is 6.54 Å². The lowest BCUT2D eigenvalue weighted by atomic mass is 9.74. The largest absolute Gasteiger partial charge is 0.497 e. The summed E-state index contributed by atoms with van der Waals surface area (Å²) in [7, 11) is 1.66. The molecule has 140 valence electrons. The Hall–Kier alpha value is -1.70. The van der Waals surface area contributed by atoms with E-state index >= 15 is 0 Å². The van der Waals surface area contributed by atoms with Crippen LogP contribution in [0.2, 0.25) is 0 Å². The van der Waals surface area contributed by atoms with Crippen LogP contribution in [0.15, 0.2) is 18.2 Å². The molecule has 2 atom stereocenters. The molecule has 2 aliphatic rings. The average Bonchev–Trinajstić information content (AvgIpc) is 3.26. The van der Waals surface area contributed by atoms with Gasteiger partial charge in [0.25, 0.3) is 0 Å². The molecule has 0 radical (unpaired) electrons. The highest BCUT2D eigenvalue weighted by Crippen LogP contribution is 2.50. The lowest BCUT2D eigenvalue weighted by Crippen LogP contribution is -2.42. The van der Waals surface area contributed by atoms with E-state index < -0.39 is 0 Å². The number of rotatable bonds is 5. The average molecular weight is 375 g/mol. The number of aliphatic hydroxyl groups is 1. The fourth-order valence-corrected chi connectivity index (χ4v) is 5.05. The monoisotopic (exact) mass is 375 g/mol.